The van der Waals surface area contributed by atoms with Crippen LogP contribution in [0.1, 0.15) is 24.7 Å². The van der Waals surface area contributed by atoms with Crippen LogP contribution in [0.3, 0.4) is 0 Å². The molecule has 0 saturated heterocycles. The van der Waals surface area contributed by atoms with Crippen molar-refractivity contribution in [3.8, 4) is 11.5 Å². The molecule has 1 unspecified atom stereocenters. The van der Waals surface area contributed by atoms with Crippen molar-refractivity contribution >= 4 is 0 Å². The fraction of sp³-hybridized carbons (Fsp3) is 0.400. The summed E-state index contributed by atoms with van der Waals surface area (Å²) >= 11 is 0. The van der Waals surface area contributed by atoms with Crippen molar-refractivity contribution in [2.24, 2.45) is 5.73 Å². The highest BCUT2D eigenvalue weighted by Gasteiger charge is 2.10. The Labute approximate surface area is 118 Å². The smallest absolute Gasteiger partial charge is 0.174 e. The molecule has 108 valence electrons. The molecule has 2 rings (SSSR count). The van der Waals surface area contributed by atoms with E-state index in [4.69, 9.17) is 19.7 Å². The number of methoxy groups -OCH3 is 1. The van der Waals surface area contributed by atoms with Gasteiger partial charge in [0, 0.05) is 18.2 Å². The number of hydrogen-bond acceptors (Lipinski definition) is 5. The maximum absolute atomic E-state index is 6.02. The minimum atomic E-state index is 0.121. The highest BCUT2D eigenvalue weighted by molar-refractivity contribution is 5.41. The van der Waals surface area contributed by atoms with Crippen molar-refractivity contribution in [3.05, 3.63) is 41.8 Å². The van der Waals surface area contributed by atoms with Gasteiger partial charge in [-0.2, -0.15) is 0 Å². The summed E-state index contributed by atoms with van der Waals surface area (Å²) < 4.78 is 16.1. The van der Waals surface area contributed by atoms with E-state index in [-0.39, 0.29) is 6.04 Å². The Morgan fingerprint density at radius 2 is 2.20 bits per heavy atom. The Morgan fingerprint density at radius 1 is 1.35 bits per heavy atom. The van der Waals surface area contributed by atoms with E-state index < -0.39 is 0 Å². The molecule has 0 aliphatic carbocycles. The number of benzene rings is 1. The fourth-order valence-corrected chi connectivity index (χ4v) is 1.86. The van der Waals surface area contributed by atoms with Crippen LogP contribution in [0.2, 0.25) is 0 Å². The molecule has 1 aromatic carbocycles. The summed E-state index contributed by atoms with van der Waals surface area (Å²) in [5.74, 6) is 2.20. The summed E-state index contributed by atoms with van der Waals surface area (Å²) in [4.78, 5) is 0. The van der Waals surface area contributed by atoms with E-state index in [0.717, 1.165) is 29.9 Å². The van der Waals surface area contributed by atoms with E-state index in [0.29, 0.717) is 12.4 Å². The van der Waals surface area contributed by atoms with Crippen LogP contribution in [0, 0.1) is 0 Å². The normalized spacial score (nSPS) is 12.2. The molecule has 1 atom stereocenters. The monoisotopic (exact) mass is 276 g/mol. The van der Waals surface area contributed by atoms with Crippen molar-refractivity contribution in [2.75, 3.05) is 7.11 Å². The maximum Gasteiger partial charge on any atom is 0.174 e. The number of aromatic nitrogens is 1. The van der Waals surface area contributed by atoms with E-state index in [1.165, 1.54) is 0 Å². The first-order chi connectivity index (χ1) is 9.72. The van der Waals surface area contributed by atoms with Crippen LogP contribution in [0.5, 0.6) is 11.5 Å². The fourth-order valence-electron chi connectivity index (χ4n) is 1.86. The summed E-state index contributed by atoms with van der Waals surface area (Å²) in [5.41, 5.74) is 7.09. The molecule has 0 fully saturated rings. The van der Waals surface area contributed by atoms with Crippen LogP contribution < -0.4 is 15.2 Å². The van der Waals surface area contributed by atoms with Crippen molar-refractivity contribution in [3.63, 3.8) is 0 Å². The zero-order valence-electron chi connectivity index (χ0n) is 11.8. The first-order valence-corrected chi connectivity index (χ1v) is 6.67. The molecule has 1 heterocycles. The van der Waals surface area contributed by atoms with Gasteiger partial charge in [-0.15, -0.1) is 0 Å². The van der Waals surface area contributed by atoms with Gasteiger partial charge in [-0.05, 0) is 24.5 Å². The second-order valence-corrected chi connectivity index (χ2v) is 4.61. The van der Waals surface area contributed by atoms with E-state index in [1.54, 1.807) is 19.4 Å². The van der Waals surface area contributed by atoms with Gasteiger partial charge in [-0.3, -0.25) is 0 Å². The van der Waals surface area contributed by atoms with Crippen LogP contribution in [0.15, 0.2) is 35.0 Å². The van der Waals surface area contributed by atoms with Gasteiger partial charge in [0.15, 0.2) is 5.76 Å². The highest BCUT2D eigenvalue weighted by Crippen LogP contribution is 2.27. The van der Waals surface area contributed by atoms with Crippen molar-refractivity contribution in [2.45, 2.75) is 32.4 Å². The minimum absolute atomic E-state index is 0.121. The number of rotatable bonds is 7. The first-order valence-electron chi connectivity index (χ1n) is 6.67. The highest BCUT2D eigenvalue weighted by atomic mass is 16.5. The van der Waals surface area contributed by atoms with Crippen LogP contribution in [-0.4, -0.2) is 18.3 Å². The Morgan fingerprint density at radius 3 is 2.85 bits per heavy atom. The van der Waals surface area contributed by atoms with E-state index >= 15 is 0 Å². The number of hydrogen-bond donors (Lipinski definition) is 1. The number of ether oxygens (including phenoxy) is 2. The lowest BCUT2D eigenvalue weighted by molar-refractivity contribution is 0.246. The third kappa shape index (κ3) is 3.74. The van der Waals surface area contributed by atoms with Gasteiger partial charge in [0.25, 0.3) is 0 Å². The molecule has 0 amide bonds. The molecule has 0 aliphatic rings. The van der Waals surface area contributed by atoms with Crippen LogP contribution in [0.4, 0.5) is 0 Å². The second-order valence-electron chi connectivity index (χ2n) is 4.61. The van der Waals surface area contributed by atoms with E-state index in [9.17, 15) is 0 Å². The van der Waals surface area contributed by atoms with Crippen molar-refractivity contribution in [1.29, 1.82) is 0 Å². The van der Waals surface area contributed by atoms with Crippen molar-refractivity contribution in [1.82, 2.24) is 5.16 Å². The predicted octanol–water partition coefficient (Wildman–Crippen LogP) is 2.54. The summed E-state index contributed by atoms with van der Waals surface area (Å²) in [6, 6.07) is 7.67. The van der Waals surface area contributed by atoms with Gasteiger partial charge < -0.3 is 19.7 Å². The Kier molecular flexibility index (Phi) is 5.01. The zero-order chi connectivity index (χ0) is 14.4. The van der Waals surface area contributed by atoms with Gasteiger partial charge in [-0.25, -0.2) is 0 Å². The molecule has 0 spiro atoms. The van der Waals surface area contributed by atoms with Gasteiger partial charge in [-0.1, -0.05) is 18.1 Å². The Bertz CT molecular complexity index is 526. The first kappa shape index (κ1) is 14.4. The summed E-state index contributed by atoms with van der Waals surface area (Å²) in [6.45, 7) is 2.41. The van der Waals surface area contributed by atoms with Gasteiger partial charge in [0.05, 0.1) is 13.3 Å². The lowest BCUT2D eigenvalue weighted by Crippen LogP contribution is -2.21. The molecule has 5 nitrogen and oxygen atoms in total. The molecule has 5 heteroatoms. The summed E-state index contributed by atoms with van der Waals surface area (Å²) in [5, 5.41) is 3.65. The predicted molar refractivity (Wildman–Crippen MR) is 75.8 cm³/mol. The molecule has 2 aromatic rings. The number of nitrogens with two attached hydrogens (primary N) is 1. The third-order valence-electron chi connectivity index (χ3n) is 3.14. The summed E-state index contributed by atoms with van der Waals surface area (Å²) in [7, 11) is 1.63. The second kappa shape index (κ2) is 6.96. The standard InChI is InChI=1S/C15H20N2O3/c1-3-12(16)8-11-4-5-13(18-2)9-15(11)19-10-14-6-7-17-20-14/h4-7,9,12H,3,8,10,16H2,1-2H3. The molecule has 1 aromatic heterocycles. The molecule has 0 aliphatic heterocycles. The lowest BCUT2D eigenvalue weighted by atomic mass is 10.0. The zero-order valence-corrected chi connectivity index (χ0v) is 11.8. The Balaban J connectivity index is 2.13. The topological polar surface area (TPSA) is 70.5 Å². The van der Waals surface area contributed by atoms with Crippen LogP contribution in [0.25, 0.3) is 0 Å². The molecule has 2 N–H and O–H groups in total. The summed E-state index contributed by atoms with van der Waals surface area (Å²) in [6.07, 6.45) is 3.29. The lowest BCUT2D eigenvalue weighted by Gasteiger charge is -2.15. The number of nitrogens with zero attached hydrogens (tertiary/aromatic N) is 1. The average molecular weight is 276 g/mol. The molecular weight excluding hydrogens is 256 g/mol. The molecule has 20 heavy (non-hydrogen) atoms. The minimum Gasteiger partial charge on any atom is -0.497 e. The Hall–Kier alpha value is -2.01. The van der Waals surface area contributed by atoms with E-state index in [2.05, 4.69) is 12.1 Å². The molecule has 0 radical (unpaired) electrons. The maximum atomic E-state index is 6.02. The van der Waals surface area contributed by atoms with Gasteiger partial charge in [0.1, 0.15) is 18.1 Å². The average Bonchev–Trinajstić information content (AvgIpc) is 2.99. The van der Waals surface area contributed by atoms with Gasteiger partial charge in [0.2, 0.25) is 0 Å². The molecule has 0 bridgehead atoms. The van der Waals surface area contributed by atoms with Crippen molar-refractivity contribution < 1.29 is 14.0 Å². The third-order valence-corrected chi connectivity index (χ3v) is 3.14. The van der Waals surface area contributed by atoms with Crippen LogP contribution >= 0.6 is 0 Å². The van der Waals surface area contributed by atoms with Gasteiger partial charge >= 0.3 is 0 Å². The quantitative estimate of drug-likeness (QED) is 0.841. The van der Waals surface area contributed by atoms with E-state index in [1.807, 2.05) is 18.2 Å². The molecular formula is C15H20N2O3. The van der Waals surface area contributed by atoms with Crippen LogP contribution in [-0.2, 0) is 13.0 Å². The molecule has 0 saturated carbocycles. The largest absolute Gasteiger partial charge is 0.497 e. The SMILES string of the molecule is CCC(N)Cc1ccc(OC)cc1OCc1ccno1.